The van der Waals surface area contributed by atoms with Crippen molar-refractivity contribution in [2.75, 3.05) is 57.5 Å². The molecule has 1 saturated heterocycles. The molecule has 1 aliphatic heterocycles. The van der Waals surface area contributed by atoms with E-state index in [0.717, 1.165) is 31.4 Å². The third-order valence-electron chi connectivity index (χ3n) is 2.89. The maximum atomic E-state index is 12.0. The van der Waals surface area contributed by atoms with Crippen molar-refractivity contribution in [3.63, 3.8) is 0 Å². The maximum absolute atomic E-state index is 12.0. The van der Waals surface area contributed by atoms with Crippen LogP contribution in [-0.4, -0.2) is 75.1 Å². The quantitative estimate of drug-likeness (QED) is 0.661. The lowest BCUT2D eigenvalue weighted by molar-refractivity contribution is 0.215. The summed E-state index contributed by atoms with van der Waals surface area (Å²) in [6.07, 6.45) is 0.902. The highest BCUT2D eigenvalue weighted by Gasteiger charge is 2.24. The summed E-state index contributed by atoms with van der Waals surface area (Å²) in [5.74, 6) is 0.0853. The number of nitrogens with zero attached hydrogens (tertiary/aromatic N) is 2. The number of rotatable bonds is 6. The van der Waals surface area contributed by atoms with Crippen LogP contribution in [0.25, 0.3) is 0 Å². The molecule has 5 nitrogen and oxygen atoms in total. The first kappa shape index (κ1) is 15.4. The Bertz CT molecular complexity index is 311. The maximum Gasteiger partial charge on any atom is 0.216 e. The SMILES string of the molecule is COCCS(=O)(=O)N1CCCN(CCBr)CC1. The Labute approximate surface area is 112 Å². The van der Waals surface area contributed by atoms with Gasteiger partial charge in [0.1, 0.15) is 0 Å². The largest absolute Gasteiger partial charge is 0.384 e. The molecule has 0 bridgehead atoms. The van der Waals surface area contributed by atoms with Gasteiger partial charge in [0.15, 0.2) is 0 Å². The first-order chi connectivity index (χ1) is 8.10. The summed E-state index contributed by atoms with van der Waals surface area (Å²) in [6.45, 7) is 4.26. The number of hydrogen-bond acceptors (Lipinski definition) is 4. The molecule has 0 aromatic carbocycles. The van der Waals surface area contributed by atoms with Crippen LogP contribution in [0.4, 0.5) is 0 Å². The molecule has 1 fully saturated rings. The zero-order valence-electron chi connectivity index (χ0n) is 10.3. The molecule has 0 aromatic heterocycles. The Morgan fingerprint density at radius 1 is 1.24 bits per heavy atom. The molecule has 1 rings (SSSR count). The summed E-state index contributed by atoms with van der Waals surface area (Å²) < 4.78 is 30.4. The minimum atomic E-state index is -3.14. The van der Waals surface area contributed by atoms with Crippen molar-refractivity contribution in [2.45, 2.75) is 6.42 Å². The Balaban J connectivity index is 2.50. The zero-order valence-corrected chi connectivity index (χ0v) is 12.7. The molecular weight excluding hydrogens is 308 g/mol. The number of methoxy groups -OCH3 is 1. The molecule has 0 unspecified atom stereocenters. The lowest BCUT2D eigenvalue weighted by Crippen LogP contribution is -2.37. The van der Waals surface area contributed by atoms with Gasteiger partial charge in [0.25, 0.3) is 0 Å². The average molecular weight is 329 g/mol. The summed E-state index contributed by atoms with van der Waals surface area (Å²) in [5.41, 5.74) is 0. The topological polar surface area (TPSA) is 49.9 Å². The predicted molar refractivity (Wildman–Crippen MR) is 72.1 cm³/mol. The highest BCUT2D eigenvalue weighted by Crippen LogP contribution is 2.09. The van der Waals surface area contributed by atoms with E-state index in [1.807, 2.05) is 0 Å². The van der Waals surface area contributed by atoms with Crippen molar-refractivity contribution >= 4 is 26.0 Å². The number of alkyl halides is 1. The second-order valence-electron chi connectivity index (χ2n) is 4.09. The fraction of sp³-hybridized carbons (Fsp3) is 1.00. The van der Waals surface area contributed by atoms with Gasteiger partial charge in [-0.15, -0.1) is 0 Å². The molecule has 0 aromatic rings. The van der Waals surface area contributed by atoms with Crippen molar-refractivity contribution in [2.24, 2.45) is 0 Å². The molecule has 0 saturated carbocycles. The van der Waals surface area contributed by atoms with Gasteiger partial charge >= 0.3 is 0 Å². The minimum absolute atomic E-state index is 0.0853. The minimum Gasteiger partial charge on any atom is -0.384 e. The molecule has 0 aliphatic carbocycles. The van der Waals surface area contributed by atoms with Gasteiger partial charge in [0, 0.05) is 38.6 Å². The van der Waals surface area contributed by atoms with E-state index in [1.165, 1.54) is 7.11 Å². The molecule has 17 heavy (non-hydrogen) atoms. The monoisotopic (exact) mass is 328 g/mol. The average Bonchev–Trinajstić information content (AvgIpc) is 2.53. The van der Waals surface area contributed by atoms with Gasteiger partial charge in [0.05, 0.1) is 12.4 Å². The van der Waals surface area contributed by atoms with Crippen LogP contribution in [-0.2, 0) is 14.8 Å². The Morgan fingerprint density at radius 3 is 2.65 bits per heavy atom. The van der Waals surface area contributed by atoms with E-state index < -0.39 is 10.0 Å². The van der Waals surface area contributed by atoms with Crippen molar-refractivity contribution in [3.05, 3.63) is 0 Å². The second-order valence-corrected chi connectivity index (χ2v) is 6.97. The van der Waals surface area contributed by atoms with Gasteiger partial charge in [-0.2, -0.15) is 0 Å². The van der Waals surface area contributed by atoms with E-state index in [2.05, 4.69) is 20.8 Å². The van der Waals surface area contributed by atoms with E-state index in [4.69, 9.17) is 4.74 Å². The molecule has 0 N–H and O–H groups in total. The number of hydrogen-bond donors (Lipinski definition) is 0. The van der Waals surface area contributed by atoms with Gasteiger partial charge in [-0.3, -0.25) is 0 Å². The normalized spacial score (nSPS) is 20.4. The highest BCUT2D eigenvalue weighted by atomic mass is 79.9. The predicted octanol–water partition coefficient (Wildman–Crippen LogP) is 0.365. The van der Waals surface area contributed by atoms with Crippen LogP contribution in [0.5, 0.6) is 0 Å². The second kappa shape index (κ2) is 7.68. The van der Waals surface area contributed by atoms with Crippen molar-refractivity contribution in [3.8, 4) is 0 Å². The molecule has 0 spiro atoms. The third kappa shape index (κ3) is 5.21. The standard InChI is InChI=1S/C10H21BrN2O3S/c1-16-9-10-17(14,15)13-5-2-4-12(6-3-11)7-8-13/h2-10H2,1H3. The van der Waals surface area contributed by atoms with Crippen LogP contribution in [0, 0.1) is 0 Å². The summed E-state index contributed by atoms with van der Waals surface area (Å²) >= 11 is 3.41. The fourth-order valence-corrected chi connectivity index (χ4v) is 3.79. The summed E-state index contributed by atoms with van der Waals surface area (Å²) in [7, 11) is -1.61. The molecule has 1 heterocycles. The van der Waals surface area contributed by atoms with Crippen molar-refractivity contribution in [1.29, 1.82) is 0 Å². The van der Waals surface area contributed by atoms with Gasteiger partial charge in [-0.05, 0) is 13.0 Å². The van der Waals surface area contributed by atoms with Crippen LogP contribution in [0.3, 0.4) is 0 Å². The molecular formula is C10H21BrN2O3S. The highest BCUT2D eigenvalue weighted by molar-refractivity contribution is 9.09. The lowest BCUT2D eigenvalue weighted by atomic mass is 10.4. The van der Waals surface area contributed by atoms with Crippen LogP contribution in [0.15, 0.2) is 0 Å². The van der Waals surface area contributed by atoms with Crippen molar-refractivity contribution in [1.82, 2.24) is 9.21 Å². The smallest absolute Gasteiger partial charge is 0.216 e. The van der Waals surface area contributed by atoms with Gasteiger partial charge in [0.2, 0.25) is 10.0 Å². The van der Waals surface area contributed by atoms with E-state index in [1.54, 1.807) is 4.31 Å². The van der Waals surface area contributed by atoms with Crippen LogP contribution >= 0.6 is 15.9 Å². The number of halogens is 1. The van der Waals surface area contributed by atoms with E-state index in [9.17, 15) is 8.42 Å². The van der Waals surface area contributed by atoms with Crippen LogP contribution in [0.2, 0.25) is 0 Å². The van der Waals surface area contributed by atoms with Crippen molar-refractivity contribution < 1.29 is 13.2 Å². The van der Waals surface area contributed by atoms with Gasteiger partial charge in [-0.25, -0.2) is 12.7 Å². The van der Waals surface area contributed by atoms with E-state index in [0.29, 0.717) is 13.1 Å². The molecule has 0 atom stereocenters. The lowest BCUT2D eigenvalue weighted by Gasteiger charge is -2.21. The first-order valence-electron chi connectivity index (χ1n) is 5.85. The molecule has 102 valence electrons. The van der Waals surface area contributed by atoms with E-state index in [-0.39, 0.29) is 12.4 Å². The van der Waals surface area contributed by atoms with E-state index >= 15 is 0 Å². The molecule has 7 heteroatoms. The number of sulfonamides is 1. The Morgan fingerprint density at radius 2 is 2.00 bits per heavy atom. The summed E-state index contributed by atoms with van der Waals surface area (Å²) in [4.78, 5) is 2.29. The first-order valence-corrected chi connectivity index (χ1v) is 8.58. The van der Waals surface area contributed by atoms with Gasteiger partial charge < -0.3 is 9.64 Å². The fourth-order valence-electron chi connectivity index (χ4n) is 1.89. The molecule has 0 amide bonds. The summed E-state index contributed by atoms with van der Waals surface area (Å²) in [6, 6.07) is 0. The Kier molecular flexibility index (Phi) is 6.94. The van der Waals surface area contributed by atoms with Crippen LogP contribution in [0.1, 0.15) is 6.42 Å². The molecule has 0 radical (unpaired) electrons. The Hall–Kier alpha value is 0.310. The third-order valence-corrected chi connectivity index (χ3v) is 5.08. The van der Waals surface area contributed by atoms with Crippen LogP contribution < -0.4 is 0 Å². The summed E-state index contributed by atoms with van der Waals surface area (Å²) in [5, 5.41) is 0.934. The molecule has 1 aliphatic rings. The number of ether oxygens (including phenoxy) is 1. The van der Waals surface area contributed by atoms with Gasteiger partial charge in [-0.1, -0.05) is 15.9 Å². The zero-order chi connectivity index (χ0) is 12.7.